The van der Waals surface area contributed by atoms with Gasteiger partial charge in [0.2, 0.25) is 11.8 Å². The third kappa shape index (κ3) is 5.74. The first kappa shape index (κ1) is 24.2. The van der Waals surface area contributed by atoms with Crippen molar-refractivity contribution in [2.75, 3.05) is 6.54 Å². The minimum atomic E-state index is -0.0177. The van der Waals surface area contributed by atoms with Crippen molar-refractivity contribution in [3.05, 3.63) is 82.3 Å². The third-order valence-electron chi connectivity index (χ3n) is 5.77. The highest BCUT2D eigenvalue weighted by Crippen LogP contribution is 2.22. The number of hydrogen-bond acceptors (Lipinski definition) is 7. The van der Waals surface area contributed by atoms with Crippen LogP contribution in [0.5, 0.6) is 0 Å². The molecule has 0 radical (unpaired) electrons. The molecular weight excluding hydrogens is 446 g/mol. The van der Waals surface area contributed by atoms with Crippen LogP contribution in [0, 0.1) is 0 Å². The second-order valence-corrected chi connectivity index (χ2v) is 9.78. The molecule has 4 rings (SSSR count). The summed E-state index contributed by atoms with van der Waals surface area (Å²) in [5.74, 6) is 1.55. The fourth-order valence-corrected chi connectivity index (χ4v) is 4.96. The lowest BCUT2D eigenvalue weighted by molar-refractivity contribution is 0.166. The van der Waals surface area contributed by atoms with E-state index in [2.05, 4.69) is 42.8 Å². The maximum Gasteiger partial charge on any atom is 0.262 e. The van der Waals surface area contributed by atoms with E-state index in [1.165, 1.54) is 11.8 Å². The Morgan fingerprint density at radius 2 is 1.62 bits per heavy atom. The van der Waals surface area contributed by atoms with Crippen molar-refractivity contribution in [3.63, 3.8) is 0 Å². The van der Waals surface area contributed by atoms with E-state index in [1.807, 2.05) is 54.6 Å². The normalized spacial score (nSPS) is 11.9. The quantitative estimate of drug-likeness (QED) is 0.240. The van der Waals surface area contributed by atoms with Crippen molar-refractivity contribution in [2.24, 2.45) is 0 Å². The monoisotopic (exact) mass is 477 g/mol. The Labute approximate surface area is 204 Å². The summed E-state index contributed by atoms with van der Waals surface area (Å²) in [5, 5.41) is 9.69. The summed E-state index contributed by atoms with van der Waals surface area (Å²) in [6, 6.07) is 18.3. The highest BCUT2D eigenvalue weighted by molar-refractivity contribution is 7.98. The molecule has 0 saturated carbocycles. The van der Waals surface area contributed by atoms with Crippen LogP contribution in [0.25, 0.3) is 10.9 Å². The second kappa shape index (κ2) is 11.0. The van der Waals surface area contributed by atoms with Crippen LogP contribution in [-0.2, 0) is 18.7 Å². The zero-order chi connectivity index (χ0) is 24.1. The van der Waals surface area contributed by atoms with Crippen molar-refractivity contribution in [2.45, 2.75) is 63.7 Å². The standard InChI is InChI=1S/C26H31N5O2S/c1-18(2)30(19(3)4)14-15-31-25(32)21-12-8-9-13-22(21)27-26(31)34-17-24-29-28-23(33-24)16-20-10-6-5-7-11-20/h5-13,18-19H,14-17H2,1-4H3. The van der Waals surface area contributed by atoms with Crippen LogP contribution >= 0.6 is 11.8 Å². The smallest absolute Gasteiger partial charge is 0.262 e. The average Bonchev–Trinajstić information content (AvgIpc) is 3.26. The van der Waals surface area contributed by atoms with E-state index < -0.39 is 0 Å². The van der Waals surface area contributed by atoms with Crippen molar-refractivity contribution in [1.29, 1.82) is 0 Å². The van der Waals surface area contributed by atoms with E-state index in [0.29, 0.717) is 58.6 Å². The van der Waals surface area contributed by atoms with E-state index in [0.717, 1.165) is 12.1 Å². The number of thioether (sulfide) groups is 1. The molecule has 0 atom stereocenters. The fraction of sp³-hybridized carbons (Fsp3) is 0.385. The number of rotatable bonds is 10. The molecule has 0 unspecified atom stereocenters. The minimum absolute atomic E-state index is 0.0177. The lowest BCUT2D eigenvalue weighted by Crippen LogP contribution is -2.40. The first-order valence-electron chi connectivity index (χ1n) is 11.7. The zero-order valence-electron chi connectivity index (χ0n) is 20.1. The first-order valence-corrected chi connectivity index (χ1v) is 12.6. The van der Waals surface area contributed by atoms with Crippen molar-refractivity contribution >= 4 is 22.7 Å². The Morgan fingerprint density at radius 1 is 0.941 bits per heavy atom. The molecule has 8 heteroatoms. The van der Waals surface area contributed by atoms with Gasteiger partial charge < -0.3 is 4.42 Å². The lowest BCUT2D eigenvalue weighted by atomic mass is 10.2. The van der Waals surface area contributed by atoms with Gasteiger partial charge >= 0.3 is 0 Å². The summed E-state index contributed by atoms with van der Waals surface area (Å²) in [5.41, 5.74) is 1.80. The Hall–Kier alpha value is -2.97. The molecule has 0 spiro atoms. The molecular formula is C26H31N5O2S. The molecule has 0 bridgehead atoms. The van der Waals surface area contributed by atoms with Gasteiger partial charge in [0.05, 0.1) is 23.1 Å². The third-order valence-corrected chi connectivity index (χ3v) is 6.73. The van der Waals surface area contributed by atoms with E-state index in [1.54, 1.807) is 4.57 Å². The van der Waals surface area contributed by atoms with Gasteiger partial charge in [-0.3, -0.25) is 14.3 Å². The van der Waals surface area contributed by atoms with Gasteiger partial charge in [0.25, 0.3) is 5.56 Å². The van der Waals surface area contributed by atoms with Crippen LogP contribution in [0.4, 0.5) is 0 Å². The molecule has 0 aliphatic carbocycles. The summed E-state index contributed by atoms with van der Waals surface area (Å²) in [6.45, 7) is 10.1. The molecule has 4 aromatic rings. The maximum atomic E-state index is 13.4. The molecule has 2 aromatic carbocycles. The first-order chi connectivity index (χ1) is 16.4. The SMILES string of the molecule is CC(C)N(CCn1c(SCc2nnc(Cc3ccccc3)o2)nc2ccccc2c1=O)C(C)C. The summed E-state index contributed by atoms with van der Waals surface area (Å²) in [4.78, 5) is 20.5. The number of aromatic nitrogens is 4. The summed E-state index contributed by atoms with van der Waals surface area (Å²) < 4.78 is 7.65. The average molecular weight is 478 g/mol. The maximum absolute atomic E-state index is 13.4. The van der Waals surface area contributed by atoms with Gasteiger partial charge in [0, 0.05) is 25.2 Å². The highest BCUT2D eigenvalue weighted by atomic mass is 32.2. The number of para-hydroxylation sites is 1. The van der Waals surface area contributed by atoms with E-state index in [9.17, 15) is 4.79 Å². The predicted molar refractivity (Wildman–Crippen MR) is 136 cm³/mol. The molecule has 0 fully saturated rings. The zero-order valence-corrected chi connectivity index (χ0v) is 21.0. The van der Waals surface area contributed by atoms with Gasteiger partial charge in [-0.2, -0.15) is 0 Å². The van der Waals surface area contributed by atoms with Gasteiger partial charge in [-0.25, -0.2) is 4.98 Å². The van der Waals surface area contributed by atoms with Crippen LogP contribution in [0.3, 0.4) is 0 Å². The Kier molecular flexibility index (Phi) is 7.80. The summed E-state index contributed by atoms with van der Waals surface area (Å²) in [6.07, 6.45) is 0.595. The van der Waals surface area contributed by atoms with Crippen LogP contribution in [0.15, 0.2) is 69.0 Å². The van der Waals surface area contributed by atoms with E-state index >= 15 is 0 Å². The van der Waals surface area contributed by atoms with Gasteiger partial charge in [-0.05, 0) is 45.4 Å². The Bertz CT molecular complexity index is 1280. The number of fused-ring (bicyclic) bond motifs is 1. The number of benzene rings is 2. The molecule has 34 heavy (non-hydrogen) atoms. The molecule has 0 amide bonds. The molecule has 2 heterocycles. The van der Waals surface area contributed by atoms with Crippen LogP contribution in [-0.4, -0.2) is 43.3 Å². The highest BCUT2D eigenvalue weighted by Gasteiger charge is 2.17. The van der Waals surface area contributed by atoms with Crippen LogP contribution in [0.1, 0.15) is 45.0 Å². The Morgan fingerprint density at radius 3 is 2.35 bits per heavy atom. The topological polar surface area (TPSA) is 77.1 Å². The molecule has 0 saturated heterocycles. The van der Waals surface area contributed by atoms with Crippen molar-refractivity contribution < 1.29 is 4.42 Å². The molecule has 178 valence electrons. The Balaban J connectivity index is 1.55. The van der Waals surface area contributed by atoms with Crippen LogP contribution in [0.2, 0.25) is 0 Å². The molecule has 0 aliphatic heterocycles. The predicted octanol–water partition coefficient (Wildman–Crippen LogP) is 4.78. The fourth-order valence-electron chi connectivity index (χ4n) is 4.10. The minimum Gasteiger partial charge on any atom is -0.424 e. The van der Waals surface area contributed by atoms with Gasteiger partial charge in [0.1, 0.15) is 0 Å². The van der Waals surface area contributed by atoms with Gasteiger partial charge in [-0.15, -0.1) is 10.2 Å². The molecule has 0 aliphatic rings. The molecule has 0 N–H and O–H groups in total. The summed E-state index contributed by atoms with van der Waals surface area (Å²) >= 11 is 1.45. The summed E-state index contributed by atoms with van der Waals surface area (Å²) in [7, 11) is 0. The van der Waals surface area contributed by atoms with Crippen molar-refractivity contribution in [1.82, 2.24) is 24.6 Å². The van der Waals surface area contributed by atoms with Crippen molar-refractivity contribution in [3.8, 4) is 0 Å². The number of nitrogens with zero attached hydrogens (tertiary/aromatic N) is 5. The second-order valence-electron chi connectivity index (χ2n) is 8.83. The molecule has 2 aromatic heterocycles. The largest absolute Gasteiger partial charge is 0.424 e. The van der Waals surface area contributed by atoms with Gasteiger partial charge in [0.15, 0.2) is 5.16 Å². The van der Waals surface area contributed by atoms with Crippen LogP contribution < -0.4 is 5.56 Å². The lowest BCUT2D eigenvalue weighted by Gasteiger charge is -2.30. The number of hydrogen-bond donors (Lipinski definition) is 0. The molecule has 7 nitrogen and oxygen atoms in total. The van der Waals surface area contributed by atoms with E-state index in [4.69, 9.17) is 9.40 Å². The van der Waals surface area contributed by atoms with E-state index in [-0.39, 0.29) is 5.56 Å². The van der Waals surface area contributed by atoms with Gasteiger partial charge in [-0.1, -0.05) is 54.2 Å².